The normalized spacial score (nSPS) is 13.1. The van der Waals surface area contributed by atoms with Gasteiger partial charge in [-0.3, -0.25) is 4.79 Å². The van der Waals surface area contributed by atoms with Gasteiger partial charge in [0.05, 0.1) is 15.9 Å². The Hall–Kier alpha value is -2.99. The van der Waals surface area contributed by atoms with E-state index in [1.54, 1.807) is 11.3 Å². The average Bonchev–Trinajstić information content (AvgIpc) is 3.35. The van der Waals surface area contributed by atoms with Gasteiger partial charge in [0.15, 0.2) is 0 Å². The Labute approximate surface area is 167 Å². The lowest BCUT2D eigenvalue weighted by molar-refractivity contribution is 0.102. The Morgan fingerprint density at radius 1 is 1.11 bits per heavy atom. The molecule has 0 saturated carbocycles. The number of aromatic nitrogens is 3. The maximum Gasteiger partial charge on any atom is 0.256 e. The van der Waals surface area contributed by atoms with Crippen LogP contribution in [0.15, 0.2) is 42.5 Å². The fourth-order valence-electron chi connectivity index (χ4n) is 3.89. The zero-order valence-electron chi connectivity index (χ0n) is 15.8. The van der Waals surface area contributed by atoms with E-state index >= 15 is 0 Å². The Kier molecular flexibility index (Phi) is 4.02. The summed E-state index contributed by atoms with van der Waals surface area (Å²) >= 11 is 1.59. The van der Waals surface area contributed by atoms with Crippen LogP contribution in [0.25, 0.3) is 15.3 Å². The lowest BCUT2D eigenvalue weighted by atomic mass is 10.1. The molecule has 2 aromatic heterocycles. The van der Waals surface area contributed by atoms with Gasteiger partial charge in [-0.2, -0.15) is 9.78 Å². The quantitative estimate of drug-likeness (QED) is 0.546. The van der Waals surface area contributed by atoms with Crippen molar-refractivity contribution in [3.05, 3.63) is 70.4 Å². The molecule has 140 valence electrons. The van der Waals surface area contributed by atoms with Crippen molar-refractivity contribution in [3.8, 4) is 5.13 Å². The first-order chi connectivity index (χ1) is 13.6. The van der Waals surface area contributed by atoms with Crippen LogP contribution in [-0.2, 0) is 12.8 Å². The Morgan fingerprint density at radius 3 is 2.68 bits per heavy atom. The fraction of sp³-hybridized carbons (Fsp3) is 0.227. The van der Waals surface area contributed by atoms with Gasteiger partial charge in [-0.25, -0.2) is 4.98 Å². The van der Waals surface area contributed by atoms with E-state index in [0.29, 0.717) is 5.56 Å². The minimum Gasteiger partial charge on any atom is -0.306 e. The van der Waals surface area contributed by atoms with Gasteiger partial charge in [0.1, 0.15) is 5.82 Å². The summed E-state index contributed by atoms with van der Waals surface area (Å²) < 4.78 is 2.93. The molecular weight excluding hydrogens is 368 g/mol. The summed E-state index contributed by atoms with van der Waals surface area (Å²) in [5.41, 5.74) is 5.98. The van der Waals surface area contributed by atoms with Crippen molar-refractivity contribution in [2.24, 2.45) is 0 Å². The molecule has 1 aliphatic carbocycles. The van der Waals surface area contributed by atoms with Crippen molar-refractivity contribution in [1.82, 2.24) is 14.8 Å². The molecule has 2 heterocycles. The zero-order valence-corrected chi connectivity index (χ0v) is 16.6. The number of amides is 1. The highest BCUT2D eigenvalue weighted by molar-refractivity contribution is 7.20. The van der Waals surface area contributed by atoms with Crippen LogP contribution in [0.3, 0.4) is 0 Å². The van der Waals surface area contributed by atoms with Crippen LogP contribution >= 0.6 is 11.3 Å². The number of thiazole rings is 1. The number of hydrogen-bond acceptors (Lipinski definition) is 4. The molecular formula is C22H20N4OS. The van der Waals surface area contributed by atoms with E-state index in [1.807, 2.05) is 48.9 Å². The molecule has 0 spiro atoms. The average molecular weight is 388 g/mol. The zero-order chi connectivity index (χ0) is 19.3. The molecule has 6 heteroatoms. The number of carbonyl (C=O) groups excluding carboxylic acids is 1. The lowest BCUT2D eigenvalue weighted by Crippen LogP contribution is -2.16. The van der Waals surface area contributed by atoms with E-state index < -0.39 is 0 Å². The standard InChI is InChI=1S/C22H20N4OS/c1-13-10-14(2)12-15(11-13)21(27)24-20-16-6-5-8-17(16)25-26(20)22-23-18-7-3-4-9-19(18)28-22/h3-4,7,9-12H,5-6,8H2,1-2H3,(H,24,27). The van der Waals surface area contributed by atoms with Crippen molar-refractivity contribution in [3.63, 3.8) is 0 Å². The largest absolute Gasteiger partial charge is 0.306 e. The van der Waals surface area contributed by atoms with Crippen LogP contribution in [0.4, 0.5) is 5.82 Å². The molecule has 4 aromatic rings. The second-order valence-electron chi connectivity index (χ2n) is 7.33. The number of carbonyl (C=O) groups is 1. The maximum absolute atomic E-state index is 13.0. The summed E-state index contributed by atoms with van der Waals surface area (Å²) in [6.07, 6.45) is 2.95. The van der Waals surface area contributed by atoms with Crippen LogP contribution in [0.5, 0.6) is 0 Å². The molecule has 5 rings (SSSR count). The van der Waals surface area contributed by atoms with Crippen molar-refractivity contribution in [1.29, 1.82) is 0 Å². The fourth-order valence-corrected chi connectivity index (χ4v) is 4.82. The van der Waals surface area contributed by atoms with Crippen molar-refractivity contribution in [2.45, 2.75) is 33.1 Å². The topological polar surface area (TPSA) is 59.8 Å². The van der Waals surface area contributed by atoms with E-state index in [1.165, 1.54) is 0 Å². The third-order valence-electron chi connectivity index (χ3n) is 5.09. The van der Waals surface area contributed by atoms with Gasteiger partial charge in [-0.1, -0.05) is 40.7 Å². The molecule has 0 aliphatic heterocycles. The predicted molar refractivity (Wildman–Crippen MR) is 113 cm³/mol. The van der Waals surface area contributed by atoms with Crippen molar-refractivity contribution in [2.75, 3.05) is 5.32 Å². The van der Waals surface area contributed by atoms with E-state index in [4.69, 9.17) is 10.1 Å². The number of para-hydroxylation sites is 1. The van der Waals surface area contributed by atoms with Crippen LogP contribution in [0.2, 0.25) is 0 Å². The summed E-state index contributed by atoms with van der Waals surface area (Å²) in [6.45, 7) is 4.01. The smallest absolute Gasteiger partial charge is 0.256 e. The van der Waals surface area contributed by atoms with Gasteiger partial charge < -0.3 is 5.32 Å². The minimum absolute atomic E-state index is 0.108. The lowest BCUT2D eigenvalue weighted by Gasteiger charge is -2.10. The number of nitrogens with zero attached hydrogens (tertiary/aromatic N) is 3. The minimum atomic E-state index is -0.108. The predicted octanol–water partition coefficient (Wildman–Crippen LogP) is 4.84. The van der Waals surface area contributed by atoms with E-state index in [2.05, 4.69) is 17.4 Å². The SMILES string of the molecule is Cc1cc(C)cc(C(=O)Nc2c3c(nn2-c2nc4ccccc4s2)CCC3)c1. The number of fused-ring (bicyclic) bond motifs is 2. The molecule has 1 N–H and O–H groups in total. The van der Waals surface area contributed by atoms with Gasteiger partial charge >= 0.3 is 0 Å². The second kappa shape index (κ2) is 6.56. The second-order valence-corrected chi connectivity index (χ2v) is 8.34. The summed E-state index contributed by atoms with van der Waals surface area (Å²) in [7, 11) is 0. The highest BCUT2D eigenvalue weighted by atomic mass is 32.1. The van der Waals surface area contributed by atoms with E-state index in [0.717, 1.165) is 62.8 Å². The van der Waals surface area contributed by atoms with Crippen LogP contribution < -0.4 is 5.32 Å². The first-order valence-corrected chi connectivity index (χ1v) is 10.3. The highest BCUT2D eigenvalue weighted by Crippen LogP contribution is 2.34. The number of hydrogen-bond donors (Lipinski definition) is 1. The summed E-state index contributed by atoms with van der Waals surface area (Å²) in [6, 6.07) is 14.0. The third kappa shape index (κ3) is 2.90. The Morgan fingerprint density at radius 2 is 1.89 bits per heavy atom. The number of anilines is 1. The molecule has 1 aliphatic rings. The molecule has 0 atom stereocenters. The highest BCUT2D eigenvalue weighted by Gasteiger charge is 2.26. The van der Waals surface area contributed by atoms with Crippen LogP contribution in [0, 0.1) is 13.8 Å². The summed E-state index contributed by atoms with van der Waals surface area (Å²) in [4.78, 5) is 17.7. The van der Waals surface area contributed by atoms with E-state index in [9.17, 15) is 4.79 Å². The molecule has 0 radical (unpaired) electrons. The number of rotatable bonds is 3. The van der Waals surface area contributed by atoms with E-state index in [-0.39, 0.29) is 5.91 Å². The molecule has 2 aromatic carbocycles. The number of benzene rings is 2. The molecule has 0 unspecified atom stereocenters. The monoisotopic (exact) mass is 388 g/mol. The van der Waals surface area contributed by atoms with Crippen molar-refractivity contribution < 1.29 is 4.79 Å². The van der Waals surface area contributed by atoms with Gasteiger partial charge in [-0.15, -0.1) is 0 Å². The molecule has 0 saturated heterocycles. The Bertz CT molecular complexity index is 1170. The number of aryl methyl sites for hydroxylation is 3. The van der Waals surface area contributed by atoms with Gasteiger partial charge in [0, 0.05) is 11.1 Å². The van der Waals surface area contributed by atoms with Gasteiger partial charge in [-0.05, 0) is 57.4 Å². The molecule has 1 amide bonds. The van der Waals surface area contributed by atoms with Crippen LogP contribution in [0.1, 0.15) is 39.2 Å². The first-order valence-electron chi connectivity index (χ1n) is 9.45. The molecule has 28 heavy (non-hydrogen) atoms. The van der Waals surface area contributed by atoms with Crippen LogP contribution in [-0.4, -0.2) is 20.7 Å². The summed E-state index contributed by atoms with van der Waals surface area (Å²) in [5, 5.41) is 8.70. The number of nitrogens with one attached hydrogen (secondary N) is 1. The van der Waals surface area contributed by atoms with Crippen molar-refractivity contribution >= 4 is 33.3 Å². The summed E-state index contributed by atoms with van der Waals surface area (Å²) in [5.74, 6) is 0.652. The van der Waals surface area contributed by atoms with Gasteiger partial charge in [0.25, 0.3) is 5.91 Å². The first kappa shape index (κ1) is 17.1. The third-order valence-corrected chi connectivity index (χ3v) is 6.10. The molecule has 5 nitrogen and oxygen atoms in total. The maximum atomic E-state index is 13.0. The molecule has 0 fully saturated rings. The molecule has 0 bridgehead atoms. The van der Waals surface area contributed by atoms with Gasteiger partial charge in [0.2, 0.25) is 5.13 Å². The Balaban J connectivity index is 1.58.